The summed E-state index contributed by atoms with van der Waals surface area (Å²) < 4.78 is 0. The second kappa shape index (κ2) is 12.3. The van der Waals surface area contributed by atoms with E-state index in [0.29, 0.717) is 0 Å². The van der Waals surface area contributed by atoms with Crippen molar-refractivity contribution in [3.63, 3.8) is 0 Å². The lowest BCUT2D eigenvalue weighted by Gasteiger charge is -2.29. The molecular weight excluding hydrogens is 621 g/mol. The molecule has 0 spiro atoms. The molecule has 0 saturated carbocycles. The number of hydrogen-bond donors (Lipinski definition) is 0. The summed E-state index contributed by atoms with van der Waals surface area (Å²) in [5, 5.41) is 5.16. The molecule has 4 heterocycles. The Morgan fingerprint density at radius 2 is 1.24 bits per heavy atom. The zero-order chi connectivity index (χ0) is 33.7. The fourth-order valence-corrected chi connectivity index (χ4v) is 8.41. The quantitative estimate of drug-likeness (QED) is 0.170. The van der Waals surface area contributed by atoms with E-state index in [9.17, 15) is 0 Å². The van der Waals surface area contributed by atoms with E-state index < -0.39 is 0 Å². The molecular formula is C47H36N4. The van der Waals surface area contributed by atoms with Gasteiger partial charge in [-0.1, -0.05) is 103 Å². The highest BCUT2D eigenvalue weighted by Gasteiger charge is 2.38. The van der Waals surface area contributed by atoms with Gasteiger partial charge in [-0.15, -0.1) is 0 Å². The van der Waals surface area contributed by atoms with Gasteiger partial charge in [-0.25, -0.2) is 0 Å². The number of nitrogens with zero attached hydrogens (tertiary/aromatic N) is 4. The van der Waals surface area contributed by atoms with E-state index in [1.807, 2.05) is 6.21 Å². The van der Waals surface area contributed by atoms with Crippen LogP contribution in [0.3, 0.4) is 0 Å². The maximum atomic E-state index is 5.08. The Labute approximate surface area is 298 Å². The topological polar surface area (TPSA) is 40.3 Å². The van der Waals surface area contributed by atoms with Crippen molar-refractivity contribution < 1.29 is 0 Å². The molecule has 0 aromatic heterocycles. The molecule has 51 heavy (non-hydrogen) atoms. The van der Waals surface area contributed by atoms with Crippen molar-refractivity contribution in [3.05, 3.63) is 169 Å². The van der Waals surface area contributed by atoms with Crippen LogP contribution in [-0.4, -0.2) is 23.7 Å². The third kappa shape index (κ3) is 5.18. The first kappa shape index (κ1) is 29.8. The van der Waals surface area contributed by atoms with E-state index in [1.54, 1.807) is 0 Å². The summed E-state index contributed by atoms with van der Waals surface area (Å²) in [5.41, 5.74) is 13.4. The van der Waals surface area contributed by atoms with E-state index in [4.69, 9.17) is 15.0 Å². The van der Waals surface area contributed by atoms with Gasteiger partial charge in [-0.2, -0.15) is 0 Å². The van der Waals surface area contributed by atoms with Gasteiger partial charge in [0.1, 0.15) is 6.04 Å². The van der Waals surface area contributed by atoms with Gasteiger partial charge in [0.25, 0.3) is 0 Å². The third-order valence-corrected chi connectivity index (χ3v) is 10.9. The largest absolute Gasteiger partial charge is 0.332 e. The zero-order valence-electron chi connectivity index (χ0n) is 28.3. The highest BCUT2D eigenvalue weighted by molar-refractivity contribution is 6.43. The fraction of sp³-hybridized carbons (Fsp3) is 0.128. The predicted octanol–water partition coefficient (Wildman–Crippen LogP) is 11.7. The van der Waals surface area contributed by atoms with Gasteiger partial charge in [0.15, 0.2) is 0 Å². The van der Waals surface area contributed by atoms with Crippen LogP contribution in [0.5, 0.6) is 0 Å². The molecule has 0 saturated heterocycles. The van der Waals surface area contributed by atoms with Crippen molar-refractivity contribution in [2.24, 2.45) is 15.0 Å². The van der Waals surface area contributed by atoms with Crippen LogP contribution in [-0.2, 0) is 0 Å². The number of rotatable bonds is 5. The molecule has 0 radical (unpaired) electrons. The molecule has 4 aliphatic rings. The average Bonchev–Trinajstić information content (AvgIpc) is 3.55. The molecule has 10 rings (SSSR count). The molecule has 0 N–H and O–H groups in total. The SMILES string of the molecule is C1=CC2C(N=C1)c1ccccc1N2c1cc(C2=CN=C(C3=NC=C(c4cc5ccccc5c5ccccc45)CC3)CC2)cc(-c2ccccc2)c1. The fourth-order valence-electron chi connectivity index (χ4n) is 8.41. The van der Waals surface area contributed by atoms with Crippen molar-refractivity contribution in [1.29, 1.82) is 0 Å². The van der Waals surface area contributed by atoms with Gasteiger partial charge < -0.3 is 4.90 Å². The Kier molecular flexibility index (Phi) is 7.19. The molecule has 2 atom stereocenters. The highest BCUT2D eigenvalue weighted by Crippen LogP contribution is 2.48. The Morgan fingerprint density at radius 1 is 0.549 bits per heavy atom. The molecule has 0 fully saturated rings. The molecule has 0 aliphatic carbocycles. The van der Waals surface area contributed by atoms with E-state index in [0.717, 1.165) is 37.1 Å². The minimum Gasteiger partial charge on any atom is -0.332 e. The molecule has 6 aromatic rings. The lowest BCUT2D eigenvalue weighted by Crippen LogP contribution is -2.29. The van der Waals surface area contributed by atoms with E-state index in [2.05, 4.69) is 157 Å². The maximum Gasteiger partial charge on any atom is 0.101 e. The van der Waals surface area contributed by atoms with Gasteiger partial charge in [0.2, 0.25) is 0 Å². The van der Waals surface area contributed by atoms with E-state index in [1.165, 1.54) is 71.9 Å². The molecule has 2 unspecified atom stereocenters. The van der Waals surface area contributed by atoms with Crippen LogP contribution in [0.25, 0.3) is 43.8 Å². The number of aliphatic imine (C=N–C) groups is 3. The number of benzene rings is 6. The number of anilines is 2. The molecule has 4 heteroatoms. The lowest BCUT2D eigenvalue weighted by atomic mass is 9.89. The van der Waals surface area contributed by atoms with E-state index >= 15 is 0 Å². The van der Waals surface area contributed by atoms with Gasteiger partial charge in [-0.3, -0.25) is 15.0 Å². The lowest BCUT2D eigenvalue weighted by molar-refractivity contribution is 0.667. The smallest absolute Gasteiger partial charge is 0.101 e. The van der Waals surface area contributed by atoms with Crippen LogP contribution in [0.15, 0.2) is 167 Å². The number of dihydropyridines is 1. The van der Waals surface area contributed by atoms with Gasteiger partial charge in [0, 0.05) is 35.6 Å². The minimum absolute atomic E-state index is 0.0990. The van der Waals surface area contributed by atoms with Crippen molar-refractivity contribution in [2.45, 2.75) is 37.8 Å². The number of allylic oxidation sites excluding steroid dienone is 3. The van der Waals surface area contributed by atoms with Crippen LogP contribution >= 0.6 is 0 Å². The summed E-state index contributed by atoms with van der Waals surface area (Å²) in [4.78, 5) is 17.5. The van der Waals surface area contributed by atoms with Crippen molar-refractivity contribution >= 4 is 61.7 Å². The zero-order valence-corrected chi connectivity index (χ0v) is 28.3. The molecule has 6 aromatic carbocycles. The summed E-state index contributed by atoms with van der Waals surface area (Å²) in [7, 11) is 0. The summed E-state index contributed by atoms with van der Waals surface area (Å²) in [6.45, 7) is 0. The normalized spacial score (nSPS) is 19.3. The third-order valence-electron chi connectivity index (χ3n) is 10.9. The van der Waals surface area contributed by atoms with Gasteiger partial charge in [-0.05, 0) is 117 Å². The second-order valence-electron chi connectivity index (χ2n) is 13.8. The minimum atomic E-state index is 0.0990. The van der Waals surface area contributed by atoms with Crippen LogP contribution in [0.1, 0.15) is 48.4 Å². The van der Waals surface area contributed by atoms with Crippen LogP contribution < -0.4 is 4.90 Å². The van der Waals surface area contributed by atoms with Crippen molar-refractivity contribution in [1.82, 2.24) is 0 Å². The molecule has 0 amide bonds. The van der Waals surface area contributed by atoms with Gasteiger partial charge in [0.05, 0.1) is 17.5 Å². The van der Waals surface area contributed by atoms with Gasteiger partial charge >= 0.3 is 0 Å². The Bertz CT molecular complexity index is 2550. The molecule has 4 nitrogen and oxygen atoms in total. The maximum absolute atomic E-state index is 5.08. The number of hydrogen-bond acceptors (Lipinski definition) is 4. The summed E-state index contributed by atoms with van der Waals surface area (Å²) >= 11 is 0. The Morgan fingerprint density at radius 3 is 2.04 bits per heavy atom. The monoisotopic (exact) mass is 656 g/mol. The first-order valence-electron chi connectivity index (χ1n) is 18.0. The number of fused-ring (bicyclic) bond motifs is 6. The highest BCUT2D eigenvalue weighted by atomic mass is 15.2. The Hall–Kier alpha value is -6.13. The average molecular weight is 657 g/mol. The first-order valence-corrected chi connectivity index (χ1v) is 18.0. The van der Waals surface area contributed by atoms with E-state index in [-0.39, 0.29) is 12.1 Å². The predicted molar refractivity (Wildman–Crippen MR) is 215 cm³/mol. The summed E-state index contributed by atoms with van der Waals surface area (Å²) in [6.07, 6.45) is 14.2. The molecule has 0 bridgehead atoms. The van der Waals surface area contributed by atoms with Crippen LogP contribution in [0, 0.1) is 0 Å². The number of para-hydroxylation sites is 1. The standard InChI is InChI=1S/C47H36N4/c1-2-11-31(12-3-1)35-25-36(27-37(26-35)51-45-18-9-8-17-41(45)47-46(51)19-10-24-48-47)33-20-22-43(49-29-33)44-23-21-34(30-50-44)42-28-32-13-4-5-14-38(32)39-15-6-7-16-40(39)42/h1-19,24-30,46-47H,20-23H2. The first-order chi connectivity index (χ1) is 25.3. The summed E-state index contributed by atoms with van der Waals surface area (Å²) in [6, 6.07) is 46.5. The molecule has 4 aliphatic heterocycles. The van der Waals surface area contributed by atoms with Crippen LogP contribution in [0.2, 0.25) is 0 Å². The Balaban J connectivity index is 1.00. The summed E-state index contributed by atoms with van der Waals surface area (Å²) in [5.74, 6) is 0. The second-order valence-corrected chi connectivity index (χ2v) is 13.8. The molecule has 244 valence electrons. The van der Waals surface area contributed by atoms with Crippen molar-refractivity contribution in [3.8, 4) is 11.1 Å². The van der Waals surface area contributed by atoms with Crippen molar-refractivity contribution in [2.75, 3.05) is 4.90 Å². The van der Waals surface area contributed by atoms with Crippen LogP contribution in [0.4, 0.5) is 11.4 Å².